The van der Waals surface area contributed by atoms with E-state index in [1.165, 1.54) is 0 Å². The van der Waals surface area contributed by atoms with Gasteiger partial charge in [-0.15, -0.1) is 0 Å². The summed E-state index contributed by atoms with van der Waals surface area (Å²) in [7, 11) is 0. The molecule has 0 bridgehead atoms. The van der Waals surface area contributed by atoms with Crippen molar-refractivity contribution in [3.63, 3.8) is 0 Å². The van der Waals surface area contributed by atoms with E-state index in [4.69, 9.17) is 21.4 Å². The van der Waals surface area contributed by atoms with Gasteiger partial charge < -0.3 is 20.5 Å². The molecule has 112 valence electrons. The molecule has 6 heteroatoms. The summed E-state index contributed by atoms with van der Waals surface area (Å²) in [6, 6.07) is 7.05. The van der Waals surface area contributed by atoms with Crippen molar-refractivity contribution in [1.82, 2.24) is 5.32 Å². The minimum absolute atomic E-state index is 0.0268. The first-order valence-corrected chi connectivity index (χ1v) is 6.97. The van der Waals surface area contributed by atoms with E-state index in [-0.39, 0.29) is 18.6 Å². The molecule has 1 atom stereocenters. The van der Waals surface area contributed by atoms with E-state index in [9.17, 15) is 4.79 Å². The van der Waals surface area contributed by atoms with Gasteiger partial charge in [-0.05, 0) is 31.2 Å². The molecule has 1 rings (SSSR count). The van der Waals surface area contributed by atoms with Crippen LogP contribution in [0.2, 0.25) is 5.02 Å². The lowest BCUT2D eigenvalue weighted by Gasteiger charge is -2.13. The third kappa shape index (κ3) is 7.45. The zero-order valence-electron chi connectivity index (χ0n) is 11.6. The molecule has 3 N–H and O–H groups in total. The molecule has 1 amide bonds. The van der Waals surface area contributed by atoms with E-state index in [1.54, 1.807) is 24.3 Å². The molecule has 0 aromatic heterocycles. The van der Waals surface area contributed by atoms with Crippen molar-refractivity contribution < 1.29 is 14.6 Å². The second-order valence-electron chi connectivity index (χ2n) is 4.45. The van der Waals surface area contributed by atoms with Crippen LogP contribution in [0.4, 0.5) is 5.69 Å². The van der Waals surface area contributed by atoms with Gasteiger partial charge in [-0.1, -0.05) is 11.6 Å². The van der Waals surface area contributed by atoms with Crippen LogP contribution in [0.25, 0.3) is 0 Å². The number of halogens is 1. The van der Waals surface area contributed by atoms with Gasteiger partial charge >= 0.3 is 0 Å². The van der Waals surface area contributed by atoms with Crippen LogP contribution in [0.5, 0.6) is 0 Å². The van der Waals surface area contributed by atoms with Crippen molar-refractivity contribution in [3.05, 3.63) is 29.3 Å². The summed E-state index contributed by atoms with van der Waals surface area (Å²) < 4.78 is 5.12. The Morgan fingerprint density at radius 2 is 2.05 bits per heavy atom. The van der Waals surface area contributed by atoms with E-state index in [0.717, 1.165) is 5.69 Å². The first-order chi connectivity index (χ1) is 9.61. The Kier molecular flexibility index (Phi) is 8.22. The van der Waals surface area contributed by atoms with E-state index in [1.807, 2.05) is 6.92 Å². The fraction of sp³-hybridized carbons (Fsp3) is 0.500. The van der Waals surface area contributed by atoms with Crippen LogP contribution in [0.3, 0.4) is 0 Å². The van der Waals surface area contributed by atoms with Gasteiger partial charge in [0.25, 0.3) is 0 Å². The first kappa shape index (κ1) is 16.9. The SMILES string of the molecule is C[C@@H](CC(=O)Nc1ccc(Cl)cc1)NCCOCCO. The van der Waals surface area contributed by atoms with Crippen molar-refractivity contribution in [3.8, 4) is 0 Å². The van der Waals surface area contributed by atoms with Crippen molar-refractivity contribution in [2.24, 2.45) is 0 Å². The second-order valence-corrected chi connectivity index (χ2v) is 4.89. The average molecular weight is 301 g/mol. The van der Waals surface area contributed by atoms with Crippen LogP contribution in [0.15, 0.2) is 24.3 Å². The number of ether oxygens (including phenoxy) is 1. The van der Waals surface area contributed by atoms with Gasteiger partial charge in [-0.25, -0.2) is 0 Å². The Hall–Kier alpha value is -1.14. The maximum atomic E-state index is 11.8. The summed E-state index contributed by atoms with van der Waals surface area (Å²) in [5.74, 6) is -0.0522. The smallest absolute Gasteiger partial charge is 0.225 e. The lowest BCUT2D eigenvalue weighted by Crippen LogP contribution is -2.33. The van der Waals surface area contributed by atoms with Crippen LogP contribution in [0, 0.1) is 0 Å². The number of carbonyl (C=O) groups is 1. The summed E-state index contributed by atoms with van der Waals surface area (Å²) in [5.41, 5.74) is 0.734. The average Bonchev–Trinajstić information content (AvgIpc) is 2.41. The largest absolute Gasteiger partial charge is 0.394 e. The highest BCUT2D eigenvalue weighted by molar-refractivity contribution is 6.30. The summed E-state index contributed by atoms with van der Waals surface area (Å²) >= 11 is 5.78. The van der Waals surface area contributed by atoms with Crippen LogP contribution < -0.4 is 10.6 Å². The van der Waals surface area contributed by atoms with Gasteiger partial charge in [-0.3, -0.25) is 4.79 Å². The number of benzene rings is 1. The molecule has 0 radical (unpaired) electrons. The summed E-state index contributed by atoms with van der Waals surface area (Å²) in [6.07, 6.45) is 0.378. The summed E-state index contributed by atoms with van der Waals surface area (Å²) in [4.78, 5) is 11.8. The van der Waals surface area contributed by atoms with Gasteiger partial charge in [0.2, 0.25) is 5.91 Å². The highest BCUT2D eigenvalue weighted by atomic mass is 35.5. The zero-order valence-corrected chi connectivity index (χ0v) is 12.3. The molecule has 20 heavy (non-hydrogen) atoms. The molecule has 5 nitrogen and oxygen atoms in total. The van der Waals surface area contributed by atoms with E-state index >= 15 is 0 Å². The first-order valence-electron chi connectivity index (χ1n) is 6.59. The molecule has 0 heterocycles. The maximum absolute atomic E-state index is 11.8. The van der Waals surface area contributed by atoms with Gasteiger partial charge in [0.05, 0.1) is 19.8 Å². The predicted molar refractivity (Wildman–Crippen MR) is 80.1 cm³/mol. The fourth-order valence-electron chi connectivity index (χ4n) is 1.64. The second kappa shape index (κ2) is 9.72. The molecule has 0 aliphatic rings. The molecular formula is C14H21ClN2O3. The number of nitrogens with one attached hydrogen (secondary N) is 2. The van der Waals surface area contributed by atoms with Gasteiger partial charge in [0, 0.05) is 29.7 Å². The number of hydrogen-bond acceptors (Lipinski definition) is 4. The molecular weight excluding hydrogens is 280 g/mol. The number of anilines is 1. The Labute approximate surface area is 124 Å². The van der Waals surface area contributed by atoms with E-state index in [2.05, 4.69) is 10.6 Å². The van der Waals surface area contributed by atoms with Gasteiger partial charge in [-0.2, -0.15) is 0 Å². The molecule has 0 saturated carbocycles. The zero-order chi connectivity index (χ0) is 14.8. The number of aliphatic hydroxyl groups is 1. The van der Waals surface area contributed by atoms with E-state index < -0.39 is 0 Å². The normalized spacial score (nSPS) is 12.2. The number of rotatable bonds is 9. The summed E-state index contributed by atoms with van der Waals surface area (Å²) in [6.45, 7) is 3.47. The maximum Gasteiger partial charge on any atom is 0.225 e. The topological polar surface area (TPSA) is 70.6 Å². The fourth-order valence-corrected chi connectivity index (χ4v) is 1.77. The van der Waals surface area contributed by atoms with E-state index in [0.29, 0.717) is 31.2 Å². The van der Waals surface area contributed by atoms with Gasteiger partial charge in [0.1, 0.15) is 0 Å². The van der Waals surface area contributed by atoms with Crippen molar-refractivity contribution >= 4 is 23.2 Å². The highest BCUT2D eigenvalue weighted by Crippen LogP contribution is 2.13. The standard InChI is InChI=1S/C14H21ClN2O3/c1-11(16-6-8-20-9-7-18)10-14(19)17-13-4-2-12(15)3-5-13/h2-5,11,16,18H,6-10H2,1H3,(H,17,19)/t11-/m0/s1. The van der Waals surface area contributed by atoms with Crippen LogP contribution in [0.1, 0.15) is 13.3 Å². The van der Waals surface area contributed by atoms with Crippen LogP contribution in [-0.2, 0) is 9.53 Å². The third-order valence-electron chi connectivity index (χ3n) is 2.59. The van der Waals surface area contributed by atoms with Crippen LogP contribution >= 0.6 is 11.6 Å². The number of carbonyl (C=O) groups excluding carboxylic acids is 1. The van der Waals surface area contributed by atoms with Crippen molar-refractivity contribution in [2.45, 2.75) is 19.4 Å². The Morgan fingerprint density at radius 1 is 1.35 bits per heavy atom. The van der Waals surface area contributed by atoms with Crippen molar-refractivity contribution in [2.75, 3.05) is 31.7 Å². The molecule has 0 saturated heterocycles. The summed E-state index contributed by atoms with van der Waals surface area (Å²) in [5, 5.41) is 15.2. The Morgan fingerprint density at radius 3 is 2.70 bits per heavy atom. The molecule has 0 unspecified atom stereocenters. The minimum atomic E-state index is -0.0522. The Balaban J connectivity index is 2.19. The number of hydrogen-bond donors (Lipinski definition) is 3. The molecule has 0 spiro atoms. The Bertz CT molecular complexity index is 398. The number of amides is 1. The molecule has 1 aromatic carbocycles. The highest BCUT2D eigenvalue weighted by Gasteiger charge is 2.08. The van der Waals surface area contributed by atoms with Gasteiger partial charge in [0.15, 0.2) is 0 Å². The minimum Gasteiger partial charge on any atom is -0.394 e. The van der Waals surface area contributed by atoms with Crippen molar-refractivity contribution in [1.29, 1.82) is 0 Å². The predicted octanol–water partition coefficient (Wildman–Crippen LogP) is 1.66. The lowest BCUT2D eigenvalue weighted by molar-refractivity contribution is -0.116. The molecule has 0 fully saturated rings. The molecule has 0 aliphatic heterocycles. The quantitative estimate of drug-likeness (QED) is 0.607. The van der Waals surface area contributed by atoms with Crippen LogP contribution in [-0.4, -0.2) is 43.4 Å². The lowest BCUT2D eigenvalue weighted by atomic mass is 10.2. The molecule has 1 aromatic rings. The number of aliphatic hydroxyl groups excluding tert-OH is 1. The third-order valence-corrected chi connectivity index (χ3v) is 2.85. The molecule has 0 aliphatic carbocycles. The monoisotopic (exact) mass is 300 g/mol.